The lowest BCUT2D eigenvalue weighted by atomic mass is 9.96. The molecule has 1 heterocycles. The van der Waals surface area contributed by atoms with E-state index in [2.05, 4.69) is 0 Å². The number of hydrogen-bond donors (Lipinski definition) is 1. The molecule has 30 heavy (non-hydrogen) atoms. The van der Waals surface area contributed by atoms with Crippen LogP contribution < -0.4 is 0 Å². The Kier molecular flexibility index (Phi) is 4.41. The number of ketones is 1. The zero-order valence-corrected chi connectivity index (χ0v) is 16.1. The number of fused-ring (bicyclic) bond motifs is 1. The molecule has 1 N–H and O–H groups in total. The second kappa shape index (κ2) is 7.37. The van der Waals surface area contributed by atoms with Crippen molar-refractivity contribution in [1.29, 1.82) is 0 Å². The van der Waals surface area contributed by atoms with Crippen LogP contribution >= 0.6 is 0 Å². The summed E-state index contributed by atoms with van der Waals surface area (Å²) in [5.41, 5.74) is 3.84. The number of phenolic OH excluding ortho intramolecular Hbond substituents is 1. The highest BCUT2D eigenvalue weighted by molar-refractivity contribution is 6.14. The van der Waals surface area contributed by atoms with Crippen molar-refractivity contribution < 1.29 is 14.3 Å². The normalized spacial score (nSPS) is 10.9. The summed E-state index contributed by atoms with van der Waals surface area (Å²) < 4.78 is 6.19. The van der Waals surface area contributed by atoms with Gasteiger partial charge < -0.3 is 9.52 Å². The molecule has 5 aromatic rings. The molecule has 0 atom stereocenters. The van der Waals surface area contributed by atoms with E-state index in [1.54, 1.807) is 30.3 Å². The first-order valence-corrected chi connectivity index (χ1v) is 9.73. The van der Waals surface area contributed by atoms with Crippen molar-refractivity contribution in [3.8, 4) is 28.2 Å². The van der Waals surface area contributed by atoms with Crippen LogP contribution in [-0.2, 0) is 0 Å². The average molecular weight is 390 g/mol. The van der Waals surface area contributed by atoms with E-state index in [0.29, 0.717) is 16.9 Å². The Bertz CT molecular complexity index is 1340. The molecule has 0 aliphatic carbocycles. The Morgan fingerprint density at radius 3 is 1.87 bits per heavy atom. The van der Waals surface area contributed by atoms with Crippen molar-refractivity contribution >= 4 is 16.8 Å². The fraction of sp³-hybridized carbons (Fsp3) is 0. The van der Waals surface area contributed by atoms with E-state index < -0.39 is 0 Å². The third-order valence-electron chi connectivity index (χ3n) is 5.21. The van der Waals surface area contributed by atoms with Crippen LogP contribution in [0.1, 0.15) is 15.9 Å². The summed E-state index contributed by atoms with van der Waals surface area (Å²) in [4.78, 5) is 12.9. The zero-order valence-electron chi connectivity index (χ0n) is 16.1. The molecular formula is C27H18O3. The molecule has 0 saturated heterocycles. The highest BCUT2D eigenvalue weighted by Crippen LogP contribution is 2.44. The summed E-state index contributed by atoms with van der Waals surface area (Å²) in [5.74, 6) is 0.283. The number of furan rings is 1. The molecule has 0 fully saturated rings. The topological polar surface area (TPSA) is 50.4 Å². The lowest BCUT2D eigenvalue weighted by Crippen LogP contribution is -2.01. The fourth-order valence-corrected chi connectivity index (χ4v) is 3.76. The third-order valence-corrected chi connectivity index (χ3v) is 5.21. The van der Waals surface area contributed by atoms with Gasteiger partial charge in [0.1, 0.15) is 5.76 Å². The van der Waals surface area contributed by atoms with Gasteiger partial charge in [-0.3, -0.25) is 4.79 Å². The Labute approximate surface area is 173 Å². The molecule has 0 spiro atoms. The van der Waals surface area contributed by atoms with Crippen LogP contribution in [0.2, 0.25) is 0 Å². The van der Waals surface area contributed by atoms with E-state index >= 15 is 0 Å². The van der Waals surface area contributed by atoms with E-state index in [-0.39, 0.29) is 17.1 Å². The molecule has 0 saturated carbocycles. The Hall–Kier alpha value is -4.11. The predicted octanol–water partition coefficient (Wildman–Crippen LogP) is 6.70. The van der Waals surface area contributed by atoms with Crippen LogP contribution in [0, 0.1) is 0 Å². The fourth-order valence-electron chi connectivity index (χ4n) is 3.76. The smallest absolute Gasteiger partial charge is 0.196 e. The molecule has 0 aliphatic heterocycles. The first-order chi connectivity index (χ1) is 14.7. The van der Waals surface area contributed by atoms with Crippen molar-refractivity contribution in [2.24, 2.45) is 0 Å². The summed E-state index contributed by atoms with van der Waals surface area (Å²) in [5, 5.41) is 11.8. The third kappa shape index (κ3) is 2.97. The second-order valence-corrected chi connectivity index (χ2v) is 7.07. The molecule has 0 bridgehead atoms. The molecule has 1 aromatic heterocycles. The van der Waals surface area contributed by atoms with E-state index in [0.717, 1.165) is 22.1 Å². The molecule has 5 rings (SSSR count). The van der Waals surface area contributed by atoms with Gasteiger partial charge in [-0.15, -0.1) is 0 Å². The van der Waals surface area contributed by atoms with Gasteiger partial charge in [-0.05, 0) is 17.7 Å². The molecule has 3 heteroatoms. The van der Waals surface area contributed by atoms with Gasteiger partial charge in [0, 0.05) is 22.1 Å². The molecule has 0 amide bonds. The number of rotatable bonds is 4. The quantitative estimate of drug-likeness (QED) is 0.347. The van der Waals surface area contributed by atoms with Crippen molar-refractivity contribution in [2.45, 2.75) is 0 Å². The number of phenols is 1. The molecule has 4 aromatic carbocycles. The van der Waals surface area contributed by atoms with Gasteiger partial charge in [0.15, 0.2) is 17.1 Å². The maximum absolute atomic E-state index is 12.9. The molecule has 0 radical (unpaired) electrons. The van der Waals surface area contributed by atoms with Crippen LogP contribution in [0.4, 0.5) is 0 Å². The highest BCUT2D eigenvalue weighted by Gasteiger charge is 2.23. The number of aromatic hydroxyl groups is 1. The zero-order chi connectivity index (χ0) is 20.5. The number of hydrogen-bond acceptors (Lipinski definition) is 3. The van der Waals surface area contributed by atoms with E-state index in [4.69, 9.17) is 4.42 Å². The SMILES string of the molecule is O=C(c1ccccc1)c1ccc2c(-c3ccccc3)c(-c3ccccc3)oc2c1O. The van der Waals surface area contributed by atoms with Gasteiger partial charge in [0.2, 0.25) is 0 Å². The largest absolute Gasteiger partial charge is 0.504 e. The number of benzene rings is 4. The maximum atomic E-state index is 12.9. The molecule has 0 unspecified atom stereocenters. The van der Waals surface area contributed by atoms with Crippen LogP contribution in [0.15, 0.2) is 108 Å². The maximum Gasteiger partial charge on any atom is 0.196 e. The van der Waals surface area contributed by atoms with E-state index in [1.165, 1.54) is 0 Å². The molecular weight excluding hydrogens is 372 g/mol. The van der Waals surface area contributed by atoms with Crippen molar-refractivity contribution in [3.05, 3.63) is 114 Å². The second-order valence-electron chi connectivity index (χ2n) is 7.07. The minimum atomic E-state index is -0.242. The van der Waals surface area contributed by atoms with Gasteiger partial charge in [-0.2, -0.15) is 0 Å². The van der Waals surface area contributed by atoms with Gasteiger partial charge >= 0.3 is 0 Å². The molecule has 3 nitrogen and oxygen atoms in total. The van der Waals surface area contributed by atoms with Gasteiger partial charge in [-0.1, -0.05) is 91.0 Å². The summed E-state index contributed by atoms with van der Waals surface area (Å²) in [7, 11) is 0. The summed E-state index contributed by atoms with van der Waals surface area (Å²) in [6, 6.07) is 32.1. The first kappa shape index (κ1) is 18.0. The average Bonchev–Trinajstić information content (AvgIpc) is 3.21. The standard InChI is InChI=1S/C27H18O3/c28-24(19-12-6-2-7-13-19)22-17-16-21-23(18-10-4-1-5-11-18)26(30-27(21)25(22)29)20-14-8-3-9-15-20/h1-17,29H. The van der Waals surface area contributed by atoms with Crippen molar-refractivity contribution in [2.75, 3.05) is 0 Å². The lowest BCUT2D eigenvalue weighted by molar-refractivity contribution is 0.103. The van der Waals surface area contributed by atoms with Crippen LogP contribution in [0.5, 0.6) is 5.75 Å². The van der Waals surface area contributed by atoms with Crippen molar-refractivity contribution in [1.82, 2.24) is 0 Å². The van der Waals surface area contributed by atoms with Crippen LogP contribution in [0.3, 0.4) is 0 Å². The lowest BCUT2D eigenvalue weighted by Gasteiger charge is -2.05. The van der Waals surface area contributed by atoms with Gasteiger partial charge in [-0.25, -0.2) is 0 Å². The molecule has 0 aliphatic rings. The minimum Gasteiger partial charge on any atom is -0.504 e. The minimum absolute atomic E-state index is 0.138. The first-order valence-electron chi connectivity index (χ1n) is 9.73. The Morgan fingerprint density at radius 1 is 0.667 bits per heavy atom. The predicted molar refractivity (Wildman–Crippen MR) is 119 cm³/mol. The Morgan fingerprint density at radius 2 is 1.23 bits per heavy atom. The van der Waals surface area contributed by atoms with Crippen molar-refractivity contribution in [3.63, 3.8) is 0 Å². The van der Waals surface area contributed by atoms with E-state index in [1.807, 2.05) is 72.8 Å². The van der Waals surface area contributed by atoms with Crippen LogP contribution in [0.25, 0.3) is 33.4 Å². The monoisotopic (exact) mass is 390 g/mol. The summed E-state index contributed by atoms with van der Waals surface area (Å²) in [6.07, 6.45) is 0. The van der Waals surface area contributed by atoms with E-state index in [9.17, 15) is 9.90 Å². The highest BCUT2D eigenvalue weighted by atomic mass is 16.4. The Balaban J connectivity index is 1.76. The van der Waals surface area contributed by atoms with Gasteiger partial charge in [0.05, 0.1) is 5.56 Å². The summed E-state index contributed by atoms with van der Waals surface area (Å²) >= 11 is 0. The number of carbonyl (C=O) groups is 1. The summed E-state index contributed by atoms with van der Waals surface area (Å²) in [6.45, 7) is 0. The number of carbonyl (C=O) groups excluding carboxylic acids is 1. The molecule has 144 valence electrons. The van der Waals surface area contributed by atoms with Gasteiger partial charge in [0.25, 0.3) is 0 Å². The van der Waals surface area contributed by atoms with Crippen LogP contribution in [-0.4, -0.2) is 10.9 Å².